The van der Waals surface area contributed by atoms with Crippen LogP contribution in [0.15, 0.2) is 76.6 Å². The Labute approximate surface area is 198 Å². The van der Waals surface area contributed by atoms with Crippen LogP contribution in [-0.2, 0) is 16.4 Å². The maximum atomic E-state index is 13.5. The number of benzene rings is 2. The number of fused-ring (bicyclic) bond motifs is 3. The molecule has 0 atom stereocenters. The Morgan fingerprint density at radius 3 is 2.38 bits per heavy atom. The van der Waals surface area contributed by atoms with Gasteiger partial charge in [0.15, 0.2) is 5.82 Å². The van der Waals surface area contributed by atoms with Crippen LogP contribution in [0.1, 0.15) is 36.5 Å². The molecule has 34 heavy (non-hydrogen) atoms. The van der Waals surface area contributed by atoms with Crippen LogP contribution in [0, 0.1) is 6.92 Å². The Balaban J connectivity index is 1.62. The summed E-state index contributed by atoms with van der Waals surface area (Å²) in [7, 11) is -3.85. The first-order chi connectivity index (χ1) is 16.3. The van der Waals surface area contributed by atoms with Crippen LogP contribution >= 0.6 is 0 Å². The lowest BCUT2D eigenvalue weighted by Crippen LogP contribution is -2.34. The van der Waals surface area contributed by atoms with Crippen LogP contribution in [0.2, 0.25) is 0 Å². The Kier molecular flexibility index (Phi) is 5.40. The molecular weight excluding hydrogens is 448 g/mol. The molecule has 2 aromatic heterocycles. The summed E-state index contributed by atoms with van der Waals surface area (Å²) < 4.78 is 29.9. The maximum absolute atomic E-state index is 13.5. The fourth-order valence-corrected chi connectivity index (χ4v) is 5.74. The quantitative estimate of drug-likeness (QED) is 0.475. The van der Waals surface area contributed by atoms with Crippen molar-refractivity contribution in [1.82, 2.24) is 14.8 Å². The molecule has 1 aliphatic heterocycles. The van der Waals surface area contributed by atoms with Crippen molar-refractivity contribution >= 4 is 15.8 Å². The second-order valence-corrected chi connectivity index (χ2v) is 10.7. The van der Waals surface area contributed by atoms with E-state index in [1.807, 2.05) is 31.2 Å². The summed E-state index contributed by atoms with van der Waals surface area (Å²) in [4.78, 5) is 18.0. The summed E-state index contributed by atoms with van der Waals surface area (Å²) in [5, 5.41) is 3.23. The van der Waals surface area contributed by atoms with Crippen molar-refractivity contribution in [2.75, 3.05) is 10.8 Å². The van der Waals surface area contributed by atoms with Crippen LogP contribution < -0.4 is 9.86 Å². The van der Waals surface area contributed by atoms with Gasteiger partial charge in [0, 0.05) is 23.9 Å². The molecule has 8 heteroatoms. The molecule has 0 amide bonds. The largest absolute Gasteiger partial charge is 0.290 e. The van der Waals surface area contributed by atoms with Crippen molar-refractivity contribution in [2.24, 2.45) is 0 Å². The molecule has 0 bridgehead atoms. The SMILES string of the molecule is Cc1ccc(S(=O)(=O)N2CCc3c([nH]n(-c4ccc(C(C)C)cc4)c3=O)-c3cccnc32)cc1. The molecule has 5 rings (SSSR count). The van der Waals surface area contributed by atoms with Crippen molar-refractivity contribution in [3.8, 4) is 16.9 Å². The fourth-order valence-electron chi connectivity index (χ4n) is 4.30. The summed E-state index contributed by atoms with van der Waals surface area (Å²) in [5.41, 5.74) is 4.45. The number of anilines is 1. The van der Waals surface area contributed by atoms with E-state index in [1.165, 1.54) is 14.6 Å². The smallest absolute Gasteiger partial charge is 0.275 e. The third-order valence-corrected chi connectivity index (χ3v) is 8.07. The van der Waals surface area contributed by atoms with Crippen molar-refractivity contribution in [1.29, 1.82) is 0 Å². The van der Waals surface area contributed by atoms with E-state index >= 15 is 0 Å². The molecule has 174 valence electrons. The van der Waals surface area contributed by atoms with E-state index in [0.29, 0.717) is 28.6 Å². The van der Waals surface area contributed by atoms with Crippen LogP contribution in [0.3, 0.4) is 0 Å². The van der Waals surface area contributed by atoms with E-state index in [-0.39, 0.29) is 23.4 Å². The van der Waals surface area contributed by atoms with Gasteiger partial charge in [-0.05, 0) is 61.2 Å². The third-order valence-electron chi connectivity index (χ3n) is 6.27. The first-order valence-corrected chi connectivity index (χ1v) is 12.7. The number of aryl methyl sites for hydroxylation is 1. The van der Waals surface area contributed by atoms with E-state index in [2.05, 4.69) is 23.9 Å². The summed E-state index contributed by atoms with van der Waals surface area (Å²) in [6.07, 6.45) is 1.84. The zero-order valence-electron chi connectivity index (χ0n) is 19.3. The summed E-state index contributed by atoms with van der Waals surface area (Å²) in [6.45, 7) is 6.27. The lowest BCUT2D eigenvalue weighted by Gasteiger charge is -2.23. The number of nitrogens with one attached hydrogen (secondary N) is 1. The average Bonchev–Trinajstić information content (AvgIpc) is 3.05. The first kappa shape index (κ1) is 22.2. The zero-order valence-corrected chi connectivity index (χ0v) is 20.1. The highest BCUT2D eigenvalue weighted by molar-refractivity contribution is 7.92. The molecule has 0 saturated heterocycles. The van der Waals surface area contributed by atoms with Crippen LogP contribution in [0.4, 0.5) is 5.82 Å². The monoisotopic (exact) mass is 474 g/mol. The predicted octanol–water partition coefficient (Wildman–Crippen LogP) is 4.41. The van der Waals surface area contributed by atoms with Gasteiger partial charge in [0.25, 0.3) is 15.6 Å². The predicted molar refractivity (Wildman–Crippen MR) is 133 cm³/mol. The van der Waals surface area contributed by atoms with Gasteiger partial charge in [-0.2, -0.15) is 0 Å². The zero-order chi connectivity index (χ0) is 24.0. The Hall–Kier alpha value is -3.65. The van der Waals surface area contributed by atoms with E-state index in [9.17, 15) is 13.2 Å². The number of hydrogen-bond acceptors (Lipinski definition) is 4. The molecule has 4 aromatic rings. The fraction of sp³-hybridized carbons (Fsp3) is 0.231. The first-order valence-electron chi connectivity index (χ1n) is 11.3. The molecule has 2 aromatic carbocycles. The molecule has 3 heterocycles. The third kappa shape index (κ3) is 3.64. The number of nitrogens with zero attached hydrogens (tertiary/aromatic N) is 3. The molecule has 1 N–H and O–H groups in total. The Morgan fingerprint density at radius 2 is 1.71 bits per heavy atom. The summed E-state index contributed by atoms with van der Waals surface area (Å²) >= 11 is 0. The molecule has 1 aliphatic rings. The molecule has 0 aliphatic carbocycles. The van der Waals surface area contributed by atoms with Crippen LogP contribution in [0.25, 0.3) is 16.9 Å². The lowest BCUT2D eigenvalue weighted by molar-refractivity contribution is 0.590. The molecular formula is C26H26N4O3S. The highest BCUT2D eigenvalue weighted by Crippen LogP contribution is 2.35. The van der Waals surface area contributed by atoms with Crippen molar-refractivity contribution in [3.63, 3.8) is 0 Å². The van der Waals surface area contributed by atoms with Gasteiger partial charge in [-0.3, -0.25) is 9.89 Å². The number of hydrogen-bond donors (Lipinski definition) is 1. The van der Waals surface area contributed by atoms with Gasteiger partial charge in [-0.1, -0.05) is 43.7 Å². The standard InChI is InChI=1S/C26H26N4O3S/c1-17(2)19-8-10-20(11-9-19)30-26(31)23-14-16-29(25-22(24(23)28-30)5-4-15-27-25)34(32,33)21-12-6-18(3)7-13-21/h4-13,15,17,28H,14,16H2,1-3H3. The highest BCUT2D eigenvalue weighted by Gasteiger charge is 2.33. The van der Waals surface area contributed by atoms with Crippen LogP contribution in [0.5, 0.6) is 0 Å². The van der Waals surface area contributed by atoms with E-state index in [1.54, 1.807) is 42.6 Å². The second kappa shape index (κ2) is 8.29. The van der Waals surface area contributed by atoms with Gasteiger partial charge in [0.2, 0.25) is 0 Å². The normalized spacial score (nSPS) is 13.5. The number of pyridine rings is 1. The van der Waals surface area contributed by atoms with Gasteiger partial charge in [0.1, 0.15) is 0 Å². The van der Waals surface area contributed by atoms with Gasteiger partial charge in [0.05, 0.1) is 16.3 Å². The minimum atomic E-state index is -3.85. The topological polar surface area (TPSA) is 88.1 Å². The molecule has 0 spiro atoms. The summed E-state index contributed by atoms with van der Waals surface area (Å²) in [5.74, 6) is 0.705. The van der Waals surface area contributed by atoms with E-state index in [4.69, 9.17) is 0 Å². The number of sulfonamides is 1. The Morgan fingerprint density at radius 1 is 1.00 bits per heavy atom. The molecule has 7 nitrogen and oxygen atoms in total. The van der Waals surface area contributed by atoms with Gasteiger partial charge < -0.3 is 0 Å². The average molecular weight is 475 g/mol. The molecule has 0 saturated carbocycles. The molecule has 0 unspecified atom stereocenters. The van der Waals surface area contributed by atoms with Gasteiger partial charge in [-0.25, -0.2) is 22.4 Å². The van der Waals surface area contributed by atoms with Gasteiger partial charge >= 0.3 is 0 Å². The molecule has 0 radical (unpaired) electrons. The highest BCUT2D eigenvalue weighted by atomic mass is 32.2. The Bertz CT molecular complexity index is 1520. The minimum absolute atomic E-state index is 0.118. The number of rotatable bonds is 4. The second-order valence-electron chi connectivity index (χ2n) is 8.87. The lowest BCUT2D eigenvalue weighted by atomic mass is 10.0. The number of H-pyrrole nitrogens is 1. The van der Waals surface area contributed by atoms with E-state index in [0.717, 1.165) is 11.3 Å². The van der Waals surface area contributed by atoms with Crippen molar-refractivity contribution < 1.29 is 8.42 Å². The summed E-state index contributed by atoms with van der Waals surface area (Å²) in [6, 6.07) is 18.2. The minimum Gasteiger partial charge on any atom is -0.290 e. The number of aromatic amines is 1. The van der Waals surface area contributed by atoms with Crippen LogP contribution in [-0.4, -0.2) is 29.7 Å². The van der Waals surface area contributed by atoms with Crippen molar-refractivity contribution in [3.05, 3.63) is 93.9 Å². The van der Waals surface area contributed by atoms with Crippen molar-refractivity contribution in [2.45, 2.75) is 38.0 Å². The van der Waals surface area contributed by atoms with Gasteiger partial charge in [-0.15, -0.1) is 0 Å². The van der Waals surface area contributed by atoms with E-state index < -0.39 is 10.0 Å². The number of aromatic nitrogens is 3. The molecule has 0 fully saturated rings. The maximum Gasteiger partial charge on any atom is 0.275 e.